The van der Waals surface area contributed by atoms with Crippen LogP contribution in [0.15, 0.2) is 61.1 Å². The molecule has 0 fully saturated rings. The first kappa shape index (κ1) is 11.5. The summed E-state index contributed by atoms with van der Waals surface area (Å²) in [5, 5.41) is 0. The Hall–Kier alpha value is -2.55. The summed E-state index contributed by atoms with van der Waals surface area (Å²) in [4.78, 5) is 13.3. The lowest BCUT2D eigenvalue weighted by atomic mass is 10.1. The number of aryl methyl sites for hydroxylation is 1. The molecule has 0 aliphatic rings. The van der Waals surface area contributed by atoms with Gasteiger partial charge in [0.15, 0.2) is 0 Å². The Morgan fingerprint density at radius 2 is 1.58 bits per heavy atom. The van der Waals surface area contributed by atoms with E-state index in [1.807, 2.05) is 48.7 Å². The van der Waals surface area contributed by atoms with E-state index in [-0.39, 0.29) is 0 Å². The molecular formula is C16H13N3. The lowest BCUT2D eigenvalue weighted by Gasteiger charge is -2.07. The highest BCUT2D eigenvalue weighted by Crippen LogP contribution is 2.27. The van der Waals surface area contributed by atoms with Gasteiger partial charge < -0.3 is 0 Å². The molecule has 0 N–H and O–H groups in total. The largest absolute Gasteiger partial charge is 0.256 e. The summed E-state index contributed by atoms with van der Waals surface area (Å²) in [5.74, 6) is 0. The van der Waals surface area contributed by atoms with Crippen molar-refractivity contribution >= 4 is 0 Å². The number of hydrogen-bond donors (Lipinski definition) is 0. The molecule has 3 rings (SSSR count). The quantitative estimate of drug-likeness (QED) is 0.695. The van der Waals surface area contributed by atoms with Crippen molar-refractivity contribution in [2.75, 3.05) is 0 Å². The van der Waals surface area contributed by atoms with Crippen LogP contribution in [-0.2, 0) is 0 Å². The van der Waals surface area contributed by atoms with Crippen LogP contribution in [0, 0.1) is 6.92 Å². The predicted molar refractivity (Wildman–Crippen MR) is 75.4 cm³/mol. The van der Waals surface area contributed by atoms with Crippen molar-refractivity contribution in [3.8, 4) is 22.6 Å². The highest BCUT2D eigenvalue weighted by molar-refractivity contribution is 5.76. The van der Waals surface area contributed by atoms with Gasteiger partial charge >= 0.3 is 0 Å². The van der Waals surface area contributed by atoms with E-state index in [4.69, 9.17) is 0 Å². The van der Waals surface area contributed by atoms with E-state index in [0.29, 0.717) is 0 Å². The maximum absolute atomic E-state index is 4.46. The average Bonchev–Trinajstić information content (AvgIpc) is 2.48. The second-order valence-electron chi connectivity index (χ2n) is 4.33. The van der Waals surface area contributed by atoms with Crippen molar-refractivity contribution in [1.29, 1.82) is 0 Å². The summed E-state index contributed by atoms with van der Waals surface area (Å²) < 4.78 is 0. The van der Waals surface area contributed by atoms with Crippen LogP contribution in [0.2, 0.25) is 0 Å². The minimum Gasteiger partial charge on any atom is -0.256 e. The third-order valence-corrected chi connectivity index (χ3v) is 2.91. The molecule has 0 saturated heterocycles. The smallest absolute Gasteiger partial charge is 0.0980 e. The van der Waals surface area contributed by atoms with Crippen LogP contribution in [0.5, 0.6) is 0 Å². The van der Waals surface area contributed by atoms with E-state index in [2.05, 4.69) is 21.9 Å². The summed E-state index contributed by atoms with van der Waals surface area (Å²) in [5.41, 5.74) is 4.82. The van der Waals surface area contributed by atoms with Crippen LogP contribution in [-0.4, -0.2) is 15.0 Å². The molecule has 0 aromatic carbocycles. The second-order valence-corrected chi connectivity index (χ2v) is 4.33. The Morgan fingerprint density at radius 1 is 0.737 bits per heavy atom. The molecule has 3 heterocycles. The van der Waals surface area contributed by atoms with Crippen LogP contribution in [0.4, 0.5) is 0 Å². The summed E-state index contributed by atoms with van der Waals surface area (Å²) in [7, 11) is 0. The first-order chi connectivity index (χ1) is 9.34. The molecule has 3 aromatic heterocycles. The van der Waals surface area contributed by atoms with E-state index in [9.17, 15) is 0 Å². The van der Waals surface area contributed by atoms with Crippen molar-refractivity contribution in [3.63, 3.8) is 0 Å². The van der Waals surface area contributed by atoms with E-state index in [1.165, 1.54) is 5.56 Å². The molecule has 0 spiro atoms. The summed E-state index contributed by atoms with van der Waals surface area (Å²) in [6.07, 6.45) is 5.38. The minimum absolute atomic E-state index is 0.866. The summed E-state index contributed by atoms with van der Waals surface area (Å²) in [6.45, 7) is 2.05. The van der Waals surface area contributed by atoms with Gasteiger partial charge in [0.1, 0.15) is 0 Å². The molecule has 0 aliphatic carbocycles. The van der Waals surface area contributed by atoms with Gasteiger partial charge in [0, 0.05) is 24.2 Å². The normalized spacial score (nSPS) is 10.4. The van der Waals surface area contributed by atoms with Crippen molar-refractivity contribution in [3.05, 3.63) is 66.6 Å². The van der Waals surface area contributed by atoms with Gasteiger partial charge in [0.05, 0.1) is 17.1 Å². The lowest BCUT2D eigenvalue weighted by molar-refractivity contribution is 1.22. The van der Waals surface area contributed by atoms with Crippen LogP contribution >= 0.6 is 0 Å². The Bertz CT molecular complexity index is 693. The zero-order valence-corrected chi connectivity index (χ0v) is 10.6. The van der Waals surface area contributed by atoms with Gasteiger partial charge in [-0.25, -0.2) is 0 Å². The molecule has 0 aliphatic heterocycles. The number of aromatic nitrogens is 3. The van der Waals surface area contributed by atoms with Crippen molar-refractivity contribution in [1.82, 2.24) is 15.0 Å². The van der Waals surface area contributed by atoms with Gasteiger partial charge in [-0.3, -0.25) is 15.0 Å². The van der Waals surface area contributed by atoms with E-state index in [0.717, 1.165) is 22.6 Å². The monoisotopic (exact) mass is 247 g/mol. The van der Waals surface area contributed by atoms with Gasteiger partial charge in [-0.05, 0) is 48.9 Å². The fourth-order valence-electron chi connectivity index (χ4n) is 2.00. The number of rotatable bonds is 2. The van der Waals surface area contributed by atoms with Crippen LogP contribution in [0.25, 0.3) is 22.6 Å². The molecule has 0 bridgehead atoms. The third-order valence-electron chi connectivity index (χ3n) is 2.91. The molecule has 0 amide bonds. The SMILES string of the molecule is Cc1ccnc(-c2ncccc2-c2ccccn2)c1. The standard InChI is InChI=1S/C16H13N3/c1-12-7-10-18-15(11-12)16-13(5-4-9-19-16)14-6-2-3-8-17-14/h2-11H,1H3. The van der Waals surface area contributed by atoms with Crippen LogP contribution in [0.3, 0.4) is 0 Å². The van der Waals surface area contributed by atoms with E-state index in [1.54, 1.807) is 12.4 Å². The molecule has 0 unspecified atom stereocenters. The van der Waals surface area contributed by atoms with Gasteiger partial charge in [-0.2, -0.15) is 0 Å². The Kier molecular flexibility index (Phi) is 3.02. The minimum atomic E-state index is 0.866. The van der Waals surface area contributed by atoms with Crippen molar-refractivity contribution in [2.24, 2.45) is 0 Å². The maximum atomic E-state index is 4.46. The summed E-state index contributed by atoms with van der Waals surface area (Å²) >= 11 is 0. The molecular weight excluding hydrogens is 234 g/mol. The zero-order valence-electron chi connectivity index (χ0n) is 10.6. The topological polar surface area (TPSA) is 38.7 Å². The Labute approximate surface area is 112 Å². The zero-order chi connectivity index (χ0) is 13.1. The highest BCUT2D eigenvalue weighted by atomic mass is 14.8. The van der Waals surface area contributed by atoms with E-state index < -0.39 is 0 Å². The van der Waals surface area contributed by atoms with Crippen molar-refractivity contribution in [2.45, 2.75) is 6.92 Å². The molecule has 3 aromatic rings. The predicted octanol–water partition coefficient (Wildman–Crippen LogP) is 3.51. The van der Waals surface area contributed by atoms with Crippen LogP contribution < -0.4 is 0 Å². The fourth-order valence-corrected chi connectivity index (χ4v) is 2.00. The Balaban J connectivity index is 2.18. The highest BCUT2D eigenvalue weighted by Gasteiger charge is 2.10. The van der Waals surface area contributed by atoms with Gasteiger partial charge in [0.2, 0.25) is 0 Å². The molecule has 0 radical (unpaired) electrons. The average molecular weight is 247 g/mol. The Morgan fingerprint density at radius 3 is 2.37 bits per heavy atom. The molecule has 3 nitrogen and oxygen atoms in total. The molecule has 19 heavy (non-hydrogen) atoms. The van der Waals surface area contributed by atoms with Gasteiger partial charge in [0.25, 0.3) is 0 Å². The number of nitrogens with zero attached hydrogens (tertiary/aromatic N) is 3. The maximum Gasteiger partial charge on any atom is 0.0980 e. The van der Waals surface area contributed by atoms with Gasteiger partial charge in [-0.1, -0.05) is 6.07 Å². The molecule has 0 atom stereocenters. The number of pyridine rings is 3. The lowest BCUT2D eigenvalue weighted by Crippen LogP contribution is -1.93. The molecule has 3 heteroatoms. The third kappa shape index (κ3) is 2.36. The first-order valence-electron chi connectivity index (χ1n) is 6.14. The number of hydrogen-bond acceptors (Lipinski definition) is 3. The molecule has 92 valence electrons. The van der Waals surface area contributed by atoms with E-state index >= 15 is 0 Å². The first-order valence-corrected chi connectivity index (χ1v) is 6.14. The summed E-state index contributed by atoms with van der Waals surface area (Å²) in [6, 6.07) is 13.8. The van der Waals surface area contributed by atoms with Gasteiger partial charge in [-0.15, -0.1) is 0 Å². The fraction of sp³-hybridized carbons (Fsp3) is 0.0625. The molecule has 0 saturated carbocycles. The van der Waals surface area contributed by atoms with Crippen LogP contribution in [0.1, 0.15) is 5.56 Å². The second kappa shape index (κ2) is 4.98. The van der Waals surface area contributed by atoms with Crippen molar-refractivity contribution < 1.29 is 0 Å².